The second kappa shape index (κ2) is 5.36. The van der Waals surface area contributed by atoms with Crippen molar-refractivity contribution >= 4 is 0 Å². The molecule has 108 valence electrons. The highest BCUT2D eigenvalue weighted by molar-refractivity contribution is 5.04. The minimum Gasteiger partial charge on any atom is -0.338 e. The zero-order valence-electron chi connectivity index (χ0n) is 12.2. The molecule has 6 heteroatoms. The van der Waals surface area contributed by atoms with Gasteiger partial charge >= 0.3 is 0 Å². The van der Waals surface area contributed by atoms with Crippen molar-refractivity contribution in [2.75, 3.05) is 0 Å². The number of aromatic nitrogens is 4. The molecular formula is C14H21N5O. The van der Waals surface area contributed by atoms with E-state index in [9.17, 15) is 0 Å². The average molecular weight is 275 g/mol. The normalized spacial score (nSPS) is 19.8. The standard InChI is InChI=1S/C14H21N5O/c1-9(11(3)19-8-4-7-15-19)16-10(2)14-17-13(18-20-14)12-5-6-12/h4,7-12,16H,5-6H2,1-3H3/t9-,10-,11-/m0/s1. The third-order valence-electron chi connectivity index (χ3n) is 3.95. The van der Waals surface area contributed by atoms with Crippen LogP contribution in [0.1, 0.15) is 63.3 Å². The zero-order valence-corrected chi connectivity index (χ0v) is 12.2. The highest BCUT2D eigenvalue weighted by atomic mass is 16.5. The smallest absolute Gasteiger partial charge is 0.243 e. The molecule has 0 saturated heterocycles. The predicted molar refractivity (Wildman–Crippen MR) is 74.2 cm³/mol. The summed E-state index contributed by atoms with van der Waals surface area (Å²) in [6.45, 7) is 6.33. The van der Waals surface area contributed by atoms with Crippen LogP contribution in [0, 0.1) is 0 Å². The molecule has 2 heterocycles. The van der Waals surface area contributed by atoms with Crippen LogP contribution >= 0.6 is 0 Å². The minimum absolute atomic E-state index is 0.0445. The molecule has 0 aliphatic heterocycles. The van der Waals surface area contributed by atoms with E-state index in [1.54, 1.807) is 6.20 Å². The lowest BCUT2D eigenvalue weighted by molar-refractivity contribution is 0.291. The van der Waals surface area contributed by atoms with Gasteiger partial charge in [-0.05, 0) is 39.7 Å². The van der Waals surface area contributed by atoms with Crippen molar-refractivity contribution in [1.82, 2.24) is 25.2 Å². The number of nitrogens with one attached hydrogen (secondary N) is 1. The molecule has 1 saturated carbocycles. The first-order chi connectivity index (χ1) is 9.65. The number of nitrogens with zero attached hydrogens (tertiary/aromatic N) is 4. The van der Waals surface area contributed by atoms with Crippen LogP contribution in [0.25, 0.3) is 0 Å². The first-order valence-electron chi connectivity index (χ1n) is 7.24. The van der Waals surface area contributed by atoms with E-state index in [2.05, 4.69) is 41.3 Å². The Morgan fingerprint density at radius 2 is 2.15 bits per heavy atom. The first-order valence-corrected chi connectivity index (χ1v) is 7.24. The Labute approximate surface area is 118 Å². The monoisotopic (exact) mass is 275 g/mol. The van der Waals surface area contributed by atoms with Crippen LogP contribution < -0.4 is 5.32 Å². The molecule has 3 rings (SSSR count). The molecule has 6 nitrogen and oxygen atoms in total. The van der Waals surface area contributed by atoms with Crippen molar-refractivity contribution in [2.24, 2.45) is 0 Å². The van der Waals surface area contributed by atoms with E-state index in [0.717, 1.165) is 5.82 Å². The minimum atomic E-state index is 0.0445. The fraction of sp³-hybridized carbons (Fsp3) is 0.643. The van der Waals surface area contributed by atoms with Gasteiger partial charge in [-0.15, -0.1) is 0 Å². The Balaban J connectivity index is 1.60. The summed E-state index contributed by atoms with van der Waals surface area (Å²) in [7, 11) is 0. The molecule has 0 unspecified atom stereocenters. The maximum atomic E-state index is 5.35. The van der Waals surface area contributed by atoms with E-state index >= 15 is 0 Å². The fourth-order valence-electron chi connectivity index (χ4n) is 2.29. The van der Waals surface area contributed by atoms with Crippen LogP contribution in [0.2, 0.25) is 0 Å². The van der Waals surface area contributed by atoms with Crippen LogP contribution in [-0.4, -0.2) is 26.0 Å². The maximum Gasteiger partial charge on any atom is 0.243 e. The highest BCUT2D eigenvalue weighted by Crippen LogP contribution is 2.38. The molecule has 0 aromatic carbocycles. The number of hydrogen-bond acceptors (Lipinski definition) is 5. The number of hydrogen-bond donors (Lipinski definition) is 1. The summed E-state index contributed by atoms with van der Waals surface area (Å²) in [5.74, 6) is 2.06. The summed E-state index contributed by atoms with van der Waals surface area (Å²) in [6.07, 6.45) is 6.15. The van der Waals surface area contributed by atoms with Crippen molar-refractivity contribution in [3.8, 4) is 0 Å². The van der Waals surface area contributed by atoms with Gasteiger partial charge in [0.2, 0.25) is 5.89 Å². The Hall–Kier alpha value is -1.69. The third-order valence-corrected chi connectivity index (χ3v) is 3.95. The second-order valence-corrected chi connectivity index (χ2v) is 5.67. The van der Waals surface area contributed by atoms with Gasteiger partial charge in [-0.25, -0.2) is 0 Å². The summed E-state index contributed by atoms with van der Waals surface area (Å²) < 4.78 is 7.31. The molecular weight excluding hydrogens is 254 g/mol. The molecule has 0 amide bonds. The Bertz CT molecular complexity index is 546. The highest BCUT2D eigenvalue weighted by Gasteiger charge is 2.30. The Morgan fingerprint density at radius 1 is 1.35 bits per heavy atom. The van der Waals surface area contributed by atoms with E-state index in [1.807, 2.05) is 16.9 Å². The van der Waals surface area contributed by atoms with Gasteiger partial charge < -0.3 is 9.84 Å². The lowest BCUT2D eigenvalue weighted by Crippen LogP contribution is -2.35. The van der Waals surface area contributed by atoms with Crippen molar-refractivity contribution in [2.45, 2.75) is 57.7 Å². The van der Waals surface area contributed by atoms with Crippen molar-refractivity contribution in [3.63, 3.8) is 0 Å². The molecule has 2 aromatic heterocycles. The molecule has 0 bridgehead atoms. The van der Waals surface area contributed by atoms with E-state index < -0.39 is 0 Å². The van der Waals surface area contributed by atoms with Gasteiger partial charge in [0.1, 0.15) is 0 Å². The Kier molecular flexibility index (Phi) is 3.56. The molecule has 20 heavy (non-hydrogen) atoms. The van der Waals surface area contributed by atoms with E-state index in [4.69, 9.17) is 4.52 Å². The first kappa shape index (κ1) is 13.3. The lowest BCUT2D eigenvalue weighted by Gasteiger charge is -2.24. The Morgan fingerprint density at radius 3 is 2.80 bits per heavy atom. The summed E-state index contributed by atoms with van der Waals surface area (Å²) in [6, 6.07) is 2.49. The molecule has 0 spiro atoms. The van der Waals surface area contributed by atoms with Crippen LogP contribution in [0.4, 0.5) is 0 Å². The third kappa shape index (κ3) is 2.75. The number of rotatable bonds is 6. The summed E-state index contributed by atoms with van der Waals surface area (Å²) >= 11 is 0. The van der Waals surface area contributed by atoms with Gasteiger partial charge in [-0.2, -0.15) is 10.1 Å². The summed E-state index contributed by atoms with van der Waals surface area (Å²) in [4.78, 5) is 4.48. The quantitative estimate of drug-likeness (QED) is 0.877. The van der Waals surface area contributed by atoms with E-state index in [0.29, 0.717) is 11.8 Å². The molecule has 1 fully saturated rings. The maximum absolute atomic E-state index is 5.35. The van der Waals surface area contributed by atoms with Crippen LogP contribution in [0.5, 0.6) is 0 Å². The SMILES string of the molecule is C[C@H](N[C@@H](C)[C@H](C)n1cccn1)c1nc(C2CC2)no1. The van der Waals surface area contributed by atoms with Crippen molar-refractivity contribution in [1.29, 1.82) is 0 Å². The molecule has 3 atom stereocenters. The predicted octanol–water partition coefficient (Wildman–Crippen LogP) is 2.44. The largest absolute Gasteiger partial charge is 0.338 e. The molecule has 1 N–H and O–H groups in total. The second-order valence-electron chi connectivity index (χ2n) is 5.67. The van der Waals surface area contributed by atoms with Crippen LogP contribution in [0.3, 0.4) is 0 Å². The zero-order chi connectivity index (χ0) is 14.1. The molecule has 0 radical (unpaired) electrons. The molecule has 1 aliphatic carbocycles. The van der Waals surface area contributed by atoms with E-state index in [-0.39, 0.29) is 18.1 Å². The van der Waals surface area contributed by atoms with Gasteiger partial charge in [0.15, 0.2) is 5.82 Å². The average Bonchev–Trinajstić information content (AvgIpc) is 2.97. The lowest BCUT2D eigenvalue weighted by atomic mass is 10.1. The van der Waals surface area contributed by atoms with Crippen LogP contribution in [-0.2, 0) is 0 Å². The summed E-state index contributed by atoms with van der Waals surface area (Å²) in [5, 5.41) is 11.8. The van der Waals surface area contributed by atoms with Gasteiger partial charge in [0, 0.05) is 24.4 Å². The van der Waals surface area contributed by atoms with Crippen LogP contribution in [0.15, 0.2) is 23.0 Å². The van der Waals surface area contributed by atoms with Crippen molar-refractivity contribution < 1.29 is 4.52 Å². The molecule has 2 aromatic rings. The van der Waals surface area contributed by atoms with Gasteiger partial charge in [-0.1, -0.05) is 5.16 Å². The fourth-order valence-corrected chi connectivity index (χ4v) is 2.29. The van der Waals surface area contributed by atoms with Gasteiger partial charge in [-0.3, -0.25) is 4.68 Å². The van der Waals surface area contributed by atoms with Gasteiger partial charge in [0.25, 0.3) is 0 Å². The topological polar surface area (TPSA) is 68.8 Å². The van der Waals surface area contributed by atoms with Crippen molar-refractivity contribution in [3.05, 3.63) is 30.2 Å². The molecule has 1 aliphatic rings. The van der Waals surface area contributed by atoms with E-state index in [1.165, 1.54) is 12.8 Å². The summed E-state index contributed by atoms with van der Waals surface area (Å²) in [5.41, 5.74) is 0. The van der Waals surface area contributed by atoms with Gasteiger partial charge in [0.05, 0.1) is 12.1 Å².